The fourth-order valence-corrected chi connectivity index (χ4v) is 1.19. The monoisotopic (exact) mass is 228 g/mol. The number of halogens is 1. The van der Waals surface area contributed by atoms with Crippen molar-refractivity contribution < 1.29 is 19.1 Å². The second-order valence-electron chi connectivity index (χ2n) is 2.61. The number of carbonyl (C=O) groups excluding carboxylic acids is 2. The van der Waals surface area contributed by atoms with Gasteiger partial charge in [-0.15, -0.1) is 0 Å². The summed E-state index contributed by atoms with van der Waals surface area (Å²) in [7, 11) is 1.26. The summed E-state index contributed by atoms with van der Waals surface area (Å²) in [6, 6.07) is 4.50. The minimum absolute atomic E-state index is 0.0672. The average molecular weight is 229 g/mol. The summed E-state index contributed by atoms with van der Waals surface area (Å²) in [5.41, 5.74) is 0.211. The second kappa shape index (κ2) is 5.36. The minimum atomic E-state index is -0.545. The predicted octanol–water partition coefficient (Wildman–Crippen LogP) is 1.70. The van der Waals surface area contributed by atoms with E-state index < -0.39 is 5.97 Å². The van der Waals surface area contributed by atoms with E-state index in [1.165, 1.54) is 19.2 Å². The van der Waals surface area contributed by atoms with Crippen molar-refractivity contribution in [2.45, 2.75) is 0 Å². The maximum absolute atomic E-state index is 11.2. The lowest BCUT2D eigenvalue weighted by molar-refractivity contribution is -0.109. The quantitative estimate of drug-likeness (QED) is 0.582. The number of hydrogen-bond donors (Lipinski definition) is 0. The zero-order chi connectivity index (χ0) is 11.3. The molecule has 0 N–H and O–H groups in total. The molecular formula is C10H9ClO4. The molecule has 0 heterocycles. The summed E-state index contributed by atoms with van der Waals surface area (Å²) < 4.78 is 9.54. The Morgan fingerprint density at radius 2 is 2.27 bits per heavy atom. The normalized spacial score (nSPS) is 9.47. The second-order valence-corrected chi connectivity index (χ2v) is 3.02. The van der Waals surface area contributed by atoms with Crippen molar-refractivity contribution in [1.82, 2.24) is 0 Å². The van der Waals surface area contributed by atoms with Crippen LogP contribution in [0.5, 0.6) is 5.75 Å². The Balaban J connectivity index is 2.94. The molecule has 5 heteroatoms. The molecule has 0 saturated carbocycles. The van der Waals surface area contributed by atoms with Crippen molar-refractivity contribution in [2.24, 2.45) is 0 Å². The van der Waals surface area contributed by atoms with Crippen molar-refractivity contribution in [1.29, 1.82) is 0 Å². The third-order valence-electron chi connectivity index (χ3n) is 1.66. The van der Waals surface area contributed by atoms with Crippen LogP contribution in [-0.4, -0.2) is 26.0 Å². The fraction of sp³-hybridized carbons (Fsp3) is 0.200. The van der Waals surface area contributed by atoms with Gasteiger partial charge in [0.05, 0.1) is 17.7 Å². The molecule has 0 aromatic heterocycles. The Bertz CT molecular complexity index is 376. The van der Waals surface area contributed by atoms with Gasteiger partial charge in [-0.25, -0.2) is 4.79 Å². The highest BCUT2D eigenvalue weighted by Gasteiger charge is 2.11. The van der Waals surface area contributed by atoms with Gasteiger partial charge in [-0.2, -0.15) is 0 Å². The number of esters is 1. The topological polar surface area (TPSA) is 52.6 Å². The van der Waals surface area contributed by atoms with Crippen LogP contribution in [0, 0.1) is 0 Å². The highest BCUT2D eigenvalue weighted by molar-refractivity contribution is 6.33. The van der Waals surface area contributed by atoms with Gasteiger partial charge in [-0.05, 0) is 18.2 Å². The number of carbonyl (C=O) groups is 2. The maximum Gasteiger partial charge on any atom is 0.339 e. The van der Waals surface area contributed by atoms with Gasteiger partial charge in [0.25, 0.3) is 0 Å². The van der Waals surface area contributed by atoms with Gasteiger partial charge < -0.3 is 9.47 Å². The van der Waals surface area contributed by atoms with Gasteiger partial charge >= 0.3 is 5.97 Å². The van der Waals surface area contributed by atoms with Gasteiger partial charge in [0.2, 0.25) is 0 Å². The summed E-state index contributed by atoms with van der Waals surface area (Å²) in [6.07, 6.45) is 0.617. The van der Waals surface area contributed by atoms with Gasteiger partial charge in [0, 0.05) is 0 Å². The molecule has 0 atom stereocenters. The Labute approximate surface area is 91.7 Å². The summed E-state index contributed by atoms with van der Waals surface area (Å²) in [5, 5.41) is 0.278. The standard InChI is InChI=1S/C10H9ClO4/c1-14-10(13)8-6-7(15-5-4-12)2-3-9(8)11/h2-4,6H,5H2,1H3. The third kappa shape index (κ3) is 2.95. The lowest BCUT2D eigenvalue weighted by atomic mass is 10.2. The molecule has 0 aliphatic heterocycles. The first-order valence-electron chi connectivity index (χ1n) is 4.13. The van der Waals surface area contributed by atoms with Gasteiger partial charge in [0.1, 0.15) is 12.4 Å². The Kier molecular flexibility index (Phi) is 4.12. The number of hydrogen-bond acceptors (Lipinski definition) is 4. The van der Waals surface area contributed by atoms with Crippen molar-refractivity contribution in [3.8, 4) is 5.75 Å². The molecule has 15 heavy (non-hydrogen) atoms. The molecule has 0 radical (unpaired) electrons. The number of benzene rings is 1. The summed E-state index contributed by atoms with van der Waals surface area (Å²) >= 11 is 5.78. The summed E-state index contributed by atoms with van der Waals surface area (Å²) in [4.78, 5) is 21.3. The van der Waals surface area contributed by atoms with Crippen molar-refractivity contribution in [3.05, 3.63) is 28.8 Å². The molecule has 1 rings (SSSR count). The van der Waals surface area contributed by atoms with Crippen molar-refractivity contribution in [3.63, 3.8) is 0 Å². The van der Waals surface area contributed by atoms with E-state index in [0.717, 1.165) is 0 Å². The third-order valence-corrected chi connectivity index (χ3v) is 1.99. The number of aldehydes is 1. The van der Waals surface area contributed by atoms with E-state index in [1.807, 2.05) is 0 Å². The van der Waals surface area contributed by atoms with Crippen LogP contribution in [0.25, 0.3) is 0 Å². The summed E-state index contributed by atoms with van der Waals surface area (Å²) in [5.74, 6) is -0.150. The highest BCUT2D eigenvalue weighted by atomic mass is 35.5. The smallest absolute Gasteiger partial charge is 0.339 e. The SMILES string of the molecule is COC(=O)c1cc(OCC=O)ccc1Cl. The zero-order valence-electron chi connectivity index (χ0n) is 8.03. The van der Waals surface area contributed by atoms with Gasteiger partial charge in [0.15, 0.2) is 6.29 Å². The van der Waals surface area contributed by atoms with Crippen LogP contribution in [0.15, 0.2) is 18.2 Å². The average Bonchev–Trinajstić information content (AvgIpc) is 2.27. The Morgan fingerprint density at radius 1 is 1.53 bits per heavy atom. The van der Waals surface area contributed by atoms with E-state index in [2.05, 4.69) is 4.74 Å². The zero-order valence-corrected chi connectivity index (χ0v) is 8.78. The molecule has 1 aromatic rings. The molecular weight excluding hydrogens is 220 g/mol. The van der Waals surface area contributed by atoms with Gasteiger partial charge in [-0.1, -0.05) is 11.6 Å². The molecule has 0 fully saturated rings. The molecule has 0 aliphatic carbocycles. The number of methoxy groups -OCH3 is 1. The fourth-order valence-electron chi connectivity index (χ4n) is 0.991. The van der Waals surface area contributed by atoms with E-state index >= 15 is 0 Å². The number of rotatable bonds is 4. The van der Waals surface area contributed by atoms with E-state index in [0.29, 0.717) is 12.0 Å². The Hall–Kier alpha value is -1.55. The van der Waals surface area contributed by atoms with E-state index in [4.69, 9.17) is 16.3 Å². The molecule has 0 saturated heterocycles. The first kappa shape index (κ1) is 11.5. The van der Waals surface area contributed by atoms with E-state index in [-0.39, 0.29) is 17.2 Å². The number of ether oxygens (including phenoxy) is 2. The first-order chi connectivity index (χ1) is 7.19. The molecule has 0 aliphatic rings. The Morgan fingerprint density at radius 3 is 2.87 bits per heavy atom. The van der Waals surface area contributed by atoms with Crippen molar-refractivity contribution in [2.75, 3.05) is 13.7 Å². The van der Waals surface area contributed by atoms with Crippen LogP contribution in [0.3, 0.4) is 0 Å². The molecule has 1 aromatic carbocycles. The van der Waals surface area contributed by atoms with E-state index in [1.54, 1.807) is 6.07 Å². The summed E-state index contributed by atoms with van der Waals surface area (Å²) in [6.45, 7) is -0.0672. The minimum Gasteiger partial charge on any atom is -0.486 e. The molecule has 0 bridgehead atoms. The van der Waals surface area contributed by atoms with E-state index in [9.17, 15) is 9.59 Å². The lowest BCUT2D eigenvalue weighted by Gasteiger charge is -2.05. The van der Waals surface area contributed by atoms with Crippen LogP contribution in [-0.2, 0) is 9.53 Å². The van der Waals surface area contributed by atoms with Crippen LogP contribution in [0.1, 0.15) is 10.4 Å². The van der Waals surface area contributed by atoms with Crippen LogP contribution < -0.4 is 4.74 Å². The first-order valence-corrected chi connectivity index (χ1v) is 4.51. The molecule has 4 nitrogen and oxygen atoms in total. The van der Waals surface area contributed by atoms with Crippen LogP contribution in [0.4, 0.5) is 0 Å². The van der Waals surface area contributed by atoms with Crippen LogP contribution >= 0.6 is 11.6 Å². The molecule has 80 valence electrons. The van der Waals surface area contributed by atoms with Crippen LogP contribution in [0.2, 0.25) is 5.02 Å². The maximum atomic E-state index is 11.2. The highest BCUT2D eigenvalue weighted by Crippen LogP contribution is 2.22. The molecule has 0 amide bonds. The van der Waals surface area contributed by atoms with Gasteiger partial charge in [-0.3, -0.25) is 4.79 Å². The van der Waals surface area contributed by atoms with Crippen molar-refractivity contribution >= 4 is 23.9 Å². The predicted molar refractivity (Wildman–Crippen MR) is 54.4 cm³/mol. The lowest BCUT2D eigenvalue weighted by Crippen LogP contribution is -2.04. The molecule has 0 spiro atoms. The largest absolute Gasteiger partial charge is 0.486 e. The molecule has 0 unspecified atom stereocenters.